The summed E-state index contributed by atoms with van der Waals surface area (Å²) < 4.78 is 11.0. The van der Waals surface area contributed by atoms with E-state index in [2.05, 4.69) is 5.43 Å². The summed E-state index contributed by atoms with van der Waals surface area (Å²) in [5.74, 6) is -0.132. The maximum atomic E-state index is 12.6. The lowest BCUT2D eigenvalue weighted by Gasteiger charge is -2.13. The SMILES string of the molecule is COc1cc([N+](=O)[O-])ccc1-c1ccc(C=C2C(=O)NN(c3ccccc3)C2=O)o1. The van der Waals surface area contributed by atoms with Gasteiger partial charge in [0.15, 0.2) is 0 Å². The lowest BCUT2D eigenvalue weighted by atomic mass is 10.1. The first-order valence-electron chi connectivity index (χ1n) is 8.83. The Bertz CT molecular complexity index is 1180. The molecule has 9 nitrogen and oxygen atoms in total. The molecule has 0 spiro atoms. The molecule has 30 heavy (non-hydrogen) atoms. The largest absolute Gasteiger partial charge is 0.496 e. The number of nitro groups is 1. The summed E-state index contributed by atoms with van der Waals surface area (Å²) in [4.78, 5) is 35.4. The maximum Gasteiger partial charge on any atom is 0.282 e. The summed E-state index contributed by atoms with van der Waals surface area (Å²) in [7, 11) is 1.40. The van der Waals surface area contributed by atoms with Gasteiger partial charge in [-0.2, -0.15) is 0 Å². The molecule has 0 radical (unpaired) electrons. The number of non-ortho nitro benzene ring substituents is 1. The molecule has 4 rings (SSSR count). The van der Waals surface area contributed by atoms with Gasteiger partial charge in [-0.1, -0.05) is 18.2 Å². The van der Waals surface area contributed by atoms with Crippen LogP contribution in [0.1, 0.15) is 5.76 Å². The van der Waals surface area contributed by atoms with Crippen LogP contribution in [0.3, 0.4) is 0 Å². The molecule has 2 heterocycles. The molecule has 1 aliphatic heterocycles. The molecule has 0 unspecified atom stereocenters. The van der Waals surface area contributed by atoms with Gasteiger partial charge in [0.25, 0.3) is 17.5 Å². The van der Waals surface area contributed by atoms with Crippen LogP contribution in [-0.4, -0.2) is 23.8 Å². The third-order valence-electron chi connectivity index (χ3n) is 4.48. The van der Waals surface area contributed by atoms with Crippen LogP contribution in [0.2, 0.25) is 0 Å². The van der Waals surface area contributed by atoms with Crippen molar-refractivity contribution in [2.45, 2.75) is 0 Å². The quantitative estimate of drug-likeness (QED) is 0.301. The summed E-state index contributed by atoms with van der Waals surface area (Å²) in [5, 5.41) is 12.1. The Morgan fingerprint density at radius 3 is 2.57 bits per heavy atom. The molecular weight excluding hydrogens is 390 g/mol. The molecule has 1 aromatic heterocycles. The highest BCUT2D eigenvalue weighted by Gasteiger charge is 2.34. The second kappa shape index (κ2) is 7.55. The van der Waals surface area contributed by atoms with E-state index in [1.807, 2.05) is 0 Å². The van der Waals surface area contributed by atoms with Crippen LogP contribution in [-0.2, 0) is 9.59 Å². The second-order valence-corrected chi connectivity index (χ2v) is 6.32. The Hall–Kier alpha value is -4.40. The molecule has 1 saturated heterocycles. The molecule has 0 atom stereocenters. The molecule has 0 bridgehead atoms. The first kappa shape index (κ1) is 18.9. The number of carbonyl (C=O) groups excluding carboxylic acids is 2. The number of carbonyl (C=O) groups is 2. The maximum absolute atomic E-state index is 12.6. The van der Waals surface area contributed by atoms with E-state index in [1.165, 1.54) is 31.4 Å². The molecule has 1 fully saturated rings. The monoisotopic (exact) mass is 405 g/mol. The fourth-order valence-electron chi connectivity index (χ4n) is 3.03. The van der Waals surface area contributed by atoms with E-state index in [-0.39, 0.29) is 22.8 Å². The lowest BCUT2D eigenvalue weighted by Crippen LogP contribution is -2.35. The van der Waals surface area contributed by atoms with Gasteiger partial charge in [-0.05, 0) is 36.4 Å². The van der Waals surface area contributed by atoms with Crippen molar-refractivity contribution in [2.24, 2.45) is 0 Å². The first-order chi connectivity index (χ1) is 14.5. The summed E-state index contributed by atoms with van der Waals surface area (Å²) in [6.07, 6.45) is 1.35. The molecule has 3 aromatic rings. The normalized spacial score (nSPS) is 14.8. The summed E-state index contributed by atoms with van der Waals surface area (Å²) >= 11 is 0. The molecular formula is C21H15N3O6. The number of nitrogens with zero attached hydrogens (tertiary/aromatic N) is 2. The summed E-state index contributed by atoms with van der Waals surface area (Å²) in [6, 6.07) is 16.1. The zero-order valence-corrected chi connectivity index (χ0v) is 15.7. The van der Waals surface area contributed by atoms with Crippen LogP contribution < -0.4 is 15.2 Å². The number of nitrogens with one attached hydrogen (secondary N) is 1. The average Bonchev–Trinajstić information content (AvgIpc) is 3.34. The van der Waals surface area contributed by atoms with Gasteiger partial charge in [-0.3, -0.25) is 25.1 Å². The molecule has 2 amide bonds. The van der Waals surface area contributed by atoms with E-state index >= 15 is 0 Å². The van der Waals surface area contributed by atoms with E-state index in [1.54, 1.807) is 42.5 Å². The van der Waals surface area contributed by atoms with Gasteiger partial charge in [0, 0.05) is 6.07 Å². The van der Waals surface area contributed by atoms with Crippen molar-refractivity contribution in [1.29, 1.82) is 0 Å². The number of furan rings is 1. The van der Waals surface area contributed by atoms with Crippen molar-refractivity contribution in [3.8, 4) is 17.1 Å². The van der Waals surface area contributed by atoms with Crippen LogP contribution in [0.5, 0.6) is 5.75 Å². The van der Waals surface area contributed by atoms with E-state index in [9.17, 15) is 19.7 Å². The molecule has 150 valence electrons. The predicted molar refractivity (Wildman–Crippen MR) is 107 cm³/mol. The molecule has 1 N–H and O–H groups in total. The van der Waals surface area contributed by atoms with Crippen LogP contribution in [0.25, 0.3) is 17.4 Å². The smallest absolute Gasteiger partial charge is 0.282 e. The molecule has 0 aliphatic carbocycles. The topological polar surface area (TPSA) is 115 Å². The third kappa shape index (κ3) is 3.39. The molecule has 9 heteroatoms. The number of rotatable bonds is 5. The minimum absolute atomic E-state index is 0.0737. The molecule has 0 saturated carbocycles. The second-order valence-electron chi connectivity index (χ2n) is 6.32. The number of hydrogen-bond acceptors (Lipinski definition) is 6. The van der Waals surface area contributed by atoms with E-state index in [4.69, 9.17) is 9.15 Å². The fraction of sp³-hybridized carbons (Fsp3) is 0.0476. The highest BCUT2D eigenvalue weighted by Crippen LogP contribution is 2.34. The number of nitro benzene ring substituents is 1. The number of hydrazine groups is 1. The lowest BCUT2D eigenvalue weighted by molar-refractivity contribution is -0.384. The van der Waals surface area contributed by atoms with Crippen molar-refractivity contribution >= 4 is 29.3 Å². The Morgan fingerprint density at radius 1 is 1.10 bits per heavy atom. The Labute approximate surface area is 170 Å². The molecule has 1 aliphatic rings. The third-order valence-corrected chi connectivity index (χ3v) is 4.48. The van der Waals surface area contributed by atoms with Crippen LogP contribution in [0.15, 0.2) is 70.7 Å². The van der Waals surface area contributed by atoms with Gasteiger partial charge in [0.2, 0.25) is 0 Å². The van der Waals surface area contributed by atoms with Crippen molar-refractivity contribution in [3.63, 3.8) is 0 Å². The Morgan fingerprint density at radius 2 is 1.87 bits per heavy atom. The van der Waals surface area contributed by atoms with Gasteiger partial charge < -0.3 is 9.15 Å². The number of methoxy groups -OCH3 is 1. The van der Waals surface area contributed by atoms with Gasteiger partial charge in [0.05, 0.1) is 29.4 Å². The van der Waals surface area contributed by atoms with E-state index in [0.717, 1.165) is 5.01 Å². The standard InChI is InChI=1S/C21H15N3O6/c1-29-19-11-14(24(27)28)7-9-16(19)18-10-8-15(30-18)12-17-20(25)22-23(21(17)26)13-5-3-2-4-6-13/h2-12H,1H3,(H,22,25). The highest BCUT2D eigenvalue weighted by atomic mass is 16.6. The van der Waals surface area contributed by atoms with E-state index in [0.29, 0.717) is 17.0 Å². The van der Waals surface area contributed by atoms with Crippen molar-refractivity contribution in [3.05, 3.63) is 82.1 Å². The minimum Gasteiger partial charge on any atom is -0.496 e. The van der Waals surface area contributed by atoms with Gasteiger partial charge in [0.1, 0.15) is 22.8 Å². The molecule has 2 aromatic carbocycles. The van der Waals surface area contributed by atoms with Gasteiger partial charge >= 0.3 is 0 Å². The zero-order chi connectivity index (χ0) is 21.3. The number of ether oxygens (including phenoxy) is 1. The van der Waals surface area contributed by atoms with Crippen LogP contribution in [0, 0.1) is 10.1 Å². The van der Waals surface area contributed by atoms with Crippen LogP contribution >= 0.6 is 0 Å². The van der Waals surface area contributed by atoms with Crippen molar-refractivity contribution in [1.82, 2.24) is 5.43 Å². The number of anilines is 1. The Kier molecular flexibility index (Phi) is 4.77. The fourth-order valence-corrected chi connectivity index (χ4v) is 3.03. The zero-order valence-electron chi connectivity index (χ0n) is 15.7. The first-order valence-corrected chi connectivity index (χ1v) is 8.83. The van der Waals surface area contributed by atoms with Gasteiger partial charge in [-0.25, -0.2) is 5.01 Å². The number of benzene rings is 2. The van der Waals surface area contributed by atoms with Gasteiger partial charge in [-0.15, -0.1) is 0 Å². The predicted octanol–water partition coefficient (Wildman–Crippen LogP) is 3.32. The van der Waals surface area contributed by atoms with Crippen LogP contribution in [0.4, 0.5) is 11.4 Å². The summed E-state index contributed by atoms with van der Waals surface area (Å²) in [5.41, 5.74) is 3.37. The highest BCUT2D eigenvalue weighted by molar-refractivity contribution is 6.31. The minimum atomic E-state index is -0.547. The summed E-state index contributed by atoms with van der Waals surface area (Å²) in [6.45, 7) is 0. The van der Waals surface area contributed by atoms with Crippen molar-refractivity contribution in [2.75, 3.05) is 12.1 Å². The Balaban J connectivity index is 1.63. The number of para-hydroxylation sites is 1. The van der Waals surface area contributed by atoms with Crippen molar-refractivity contribution < 1.29 is 23.7 Å². The average molecular weight is 405 g/mol. The number of hydrogen-bond donors (Lipinski definition) is 1. The van der Waals surface area contributed by atoms with E-state index < -0.39 is 16.7 Å². The number of amides is 2.